The van der Waals surface area contributed by atoms with E-state index >= 15 is 0 Å². The maximum absolute atomic E-state index is 13.5. The number of carbonyl (C=O) groups is 1. The molecule has 1 aromatic carbocycles. The lowest BCUT2D eigenvalue weighted by Crippen LogP contribution is -2.44. The van der Waals surface area contributed by atoms with Gasteiger partial charge in [0.15, 0.2) is 5.78 Å². The van der Waals surface area contributed by atoms with Gasteiger partial charge < -0.3 is 4.43 Å². The Labute approximate surface area is 223 Å². The molecule has 1 aromatic rings. The quantitative estimate of drug-likeness (QED) is 0.219. The fourth-order valence-corrected chi connectivity index (χ4v) is 5.60. The zero-order valence-corrected chi connectivity index (χ0v) is 25.9. The van der Waals surface area contributed by atoms with Gasteiger partial charge in [-0.25, -0.2) is 0 Å². The molecule has 0 heterocycles. The Morgan fingerprint density at radius 3 is 2.14 bits per heavy atom. The van der Waals surface area contributed by atoms with Crippen LogP contribution in [-0.2, 0) is 6.42 Å². The van der Waals surface area contributed by atoms with Crippen LogP contribution in [0.1, 0.15) is 116 Å². The highest BCUT2D eigenvalue weighted by molar-refractivity contribution is 6.74. The van der Waals surface area contributed by atoms with Crippen molar-refractivity contribution in [1.29, 1.82) is 0 Å². The number of hydrogen-bond donors (Lipinski definition) is 0. The third-order valence-corrected chi connectivity index (χ3v) is 12.7. The second-order valence-electron chi connectivity index (χ2n) is 13.1. The topological polar surface area (TPSA) is 26.3 Å². The summed E-state index contributed by atoms with van der Waals surface area (Å²) in [5, 5.41) is 0.156. The van der Waals surface area contributed by atoms with Gasteiger partial charge in [0, 0.05) is 11.0 Å². The van der Waals surface area contributed by atoms with Gasteiger partial charge >= 0.3 is 0 Å². The Morgan fingerprint density at radius 2 is 1.56 bits per heavy atom. The van der Waals surface area contributed by atoms with Gasteiger partial charge in [-0.05, 0) is 121 Å². The zero-order valence-electron chi connectivity index (χ0n) is 24.9. The molecule has 0 N–H and O–H groups in total. The van der Waals surface area contributed by atoms with E-state index in [-0.39, 0.29) is 10.5 Å². The molecular weight excluding hydrogens is 456 g/mol. The highest BCUT2D eigenvalue weighted by Crippen LogP contribution is 2.42. The fourth-order valence-electron chi connectivity index (χ4n) is 4.57. The van der Waals surface area contributed by atoms with Crippen LogP contribution in [-0.4, -0.2) is 14.1 Å². The van der Waals surface area contributed by atoms with Crippen molar-refractivity contribution in [2.24, 2.45) is 5.41 Å². The van der Waals surface area contributed by atoms with Crippen molar-refractivity contribution in [2.45, 2.75) is 125 Å². The first-order valence-corrected chi connectivity index (χ1v) is 16.9. The number of fused-ring (bicyclic) bond motifs is 1. The van der Waals surface area contributed by atoms with E-state index in [9.17, 15) is 4.79 Å². The summed E-state index contributed by atoms with van der Waals surface area (Å²) in [5.41, 5.74) is 6.11. The summed E-state index contributed by atoms with van der Waals surface area (Å²) < 4.78 is 6.50. The van der Waals surface area contributed by atoms with Crippen LogP contribution in [0.4, 0.5) is 0 Å². The molecule has 36 heavy (non-hydrogen) atoms. The number of ketones is 1. The molecule has 0 saturated heterocycles. The van der Waals surface area contributed by atoms with Gasteiger partial charge in [0.05, 0.1) is 0 Å². The van der Waals surface area contributed by atoms with Gasteiger partial charge in [-0.15, -0.1) is 0 Å². The van der Waals surface area contributed by atoms with Crippen molar-refractivity contribution in [2.75, 3.05) is 0 Å². The van der Waals surface area contributed by atoms with E-state index < -0.39 is 8.32 Å². The van der Waals surface area contributed by atoms with Crippen molar-refractivity contribution in [1.82, 2.24) is 0 Å². The molecule has 0 aromatic heterocycles. The van der Waals surface area contributed by atoms with Gasteiger partial charge in [-0.2, -0.15) is 0 Å². The molecule has 1 unspecified atom stereocenters. The molecule has 0 radical (unpaired) electrons. The molecule has 1 aliphatic rings. The molecule has 1 aliphatic carbocycles. The lowest BCUT2D eigenvalue weighted by Gasteiger charge is -2.37. The number of hydrogen-bond acceptors (Lipinski definition) is 2. The first kappa shape index (κ1) is 30.4. The lowest BCUT2D eigenvalue weighted by molar-refractivity contribution is 0.0771. The van der Waals surface area contributed by atoms with E-state index in [2.05, 4.69) is 92.8 Å². The van der Waals surface area contributed by atoms with Crippen LogP contribution in [0.2, 0.25) is 18.1 Å². The molecule has 2 nitrogen and oxygen atoms in total. The average molecular weight is 509 g/mol. The second kappa shape index (κ2) is 12.6. The molecule has 0 bridgehead atoms. The van der Waals surface area contributed by atoms with E-state index in [0.29, 0.717) is 5.78 Å². The average Bonchev–Trinajstić information content (AvgIpc) is 2.75. The van der Waals surface area contributed by atoms with E-state index in [4.69, 9.17) is 4.43 Å². The summed E-state index contributed by atoms with van der Waals surface area (Å²) in [5.74, 6) is 1.24. The Kier molecular flexibility index (Phi) is 10.6. The summed E-state index contributed by atoms with van der Waals surface area (Å²) in [6, 6.07) is 6.17. The molecule has 200 valence electrons. The van der Waals surface area contributed by atoms with Crippen molar-refractivity contribution < 1.29 is 9.22 Å². The van der Waals surface area contributed by atoms with Crippen LogP contribution in [0, 0.1) is 5.41 Å². The molecule has 0 aliphatic heterocycles. The first-order chi connectivity index (χ1) is 16.6. The first-order valence-electron chi connectivity index (χ1n) is 14.0. The zero-order chi connectivity index (χ0) is 27.1. The Morgan fingerprint density at radius 1 is 0.972 bits per heavy atom. The number of rotatable bonds is 11. The highest BCUT2D eigenvalue weighted by atomic mass is 28.4. The molecule has 0 saturated carbocycles. The molecule has 3 heteroatoms. The summed E-state index contributed by atoms with van der Waals surface area (Å²) in [7, 11) is -1.89. The minimum Gasteiger partial charge on any atom is -0.543 e. The second-order valence-corrected chi connectivity index (χ2v) is 17.8. The normalized spacial score (nSPS) is 19.2. The molecule has 2 rings (SSSR count). The summed E-state index contributed by atoms with van der Waals surface area (Å²) in [6.45, 7) is 22.3. The lowest BCUT2D eigenvalue weighted by atomic mass is 9.69. The van der Waals surface area contributed by atoms with Crippen LogP contribution in [0.25, 0.3) is 0 Å². The largest absolute Gasteiger partial charge is 0.543 e. The third-order valence-electron chi connectivity index (χ3n) is 8.31. The molecular formula is C33H52O2Si. The number of benzene rings is 1. The summed E-state index contributed by atoms with van der Waals surface area (Å²) in [6.07, 6.45) is 15.3. The highest BCUT2D eigenvalue weighted by Gasteiger charge is 2.40. The van der Waals surface area contributed by atoms with Crippen molar-refractivity contribution in [3.05, 3.63) is 64.3 Å². The van der Waals surface area contributed by atoms with Gasteiger partial charge in [0.2, 0.25) is 8.32 Å². The minimum atomic E-state index is -1.89. The minimum absolute atomic E-state index is 0.156. The Bertz CT molecular complexity index is 999. The van der Waals surface area contributed by atoms with E-state index in [1.807, 2.05) is 12.1 Å². The summed E-state index contributed by atoms with van der Waals surface area (Å²) >= 11 is 0. The SMILES string of the molecule is CC(C)=CCC/C(C)=C/CC/C(C)=C/CCC1(C)CCc2cc(O[Si](C)(C)C(C)(C)C)ccc2C1=O. The van der Waals surface area contributed by atoms with E-state index in [1.165, 1.54) is 16.7 Å². The van der Waals surface area contributed by atoms with Crippen LogP contribution >= 0.6 is 0 Å². The predicted octanol–water partition coefficient (Wildman–Crippen LogP) is 10.4. The van der Waals surface area contributed by atoms with Crippen molar-refractivity contribution in [3.63, 3.8) is 0 Å². The molecule has 1 atom stereocenters. The van der Waals surface area contributed by atoms with E-state index in [1.54, 1.807) is 0 Å². The number of aryl methyl sites for hydroxylation is 1. The van der Waals surface area contributed by atoms with Crippen LogP contribution in [0.5, 0.6) is 5.75 Å². The van der Waals surface area contributed by atoms with Gasteiger partial charge in [0.1, 0.15) is 5.75 Å². The predicted molar refractivity (Wildman–Crippen MR) is 160 cm³/mol. The summed E-state index contributed by atoms with van der Waals surface area (Å²) in [4.78, 5) is 13.5. The van der Waals surface area contributed by atoms with Crippen molar-refractivity contribution >= 4 is 14.1 Å². The molecule has 0 amide bonds. The number of Topliss-reactive ketones (excluding diaryl/α,β-unsaturated/α-hetero) is 1. The Hall–Kier alpha value is -1.87. The maximum Gasteiger partial charge on any atom is 0.250 e. The molecule has 0 fully saturated rings. The molecule has 0 spiro atoms. The third kappa shape index (κ3) is 8.61. The van der Waals surface area contributed by atoms with Gasteiger partial charge in [-0.1, -0.05) is 62.6 Å². The fraction of sp³-hybridized carbons (Fsp3) is 0.606. The maximum atomic E-state index is 13.5. The van der Waals surface area contributed by atoms with Gasteiger partial charge in [0.25, 0.3) is 0 Å². The Balaban J connectivity index is 1.93. The number of allylic oxidation sites excluding steroid dienone is 6. The number of carbonyl (C=O) groups excluding carboxylic acids is 1. The van der Waals surface area contributed by atoms with E-state index in [0.717, 1.165) is 68.2 Å². The van der Waals surface area contributed by atoms with Crippen LogP contribution < -0.4 is 4.43 Å². The smallest absolute Gasteiger partial charge is 0.250 e. The van der Waals surface area contributed by atoms with Crippen molar-refractivity contribution in [3.8, 4) is 5.75 Å². The van der Waals surface area contributed by atoms with Gasteiger partial charge in [-0.3, -0.25) is 4.79 Å². The van der Waals surface area contributed by atoms with Crippen LogP contribution in [0.15, 0.2) is 53.1 Å². The standard InChI is InChI=1S/C33H52O2Si/c1-25(2)14-11-15-26(3)16-12-17-27(4)18-13-22-33(8)23-21-28-24-29(19-20-30(28)31(33)34)35-36(9,10)32(5,6)7/h14,16,18-20,24H,11-13,15,17,21-23H2,1-10H3/b26-16+,27-18+. The van der Waals surface area contributed by atoms with Crippen LogP contribution in [0.3, 0.4) is 0 Å². The monoisotopic (exact) mass is 508 g/mol.